The van der Waals surface area contributed by atoms with Crippen LogP contribution >= 0.6 is 43.2 Å². The maximum absolute atomic E-state index is 12.2. The average molecular weight is 438 g/mol. The summed E-state index contributed by atoms with van der Waals surface area (Å²) in [6, 6.07) is 8.11. The van der Waals surface area contributed by atoms with Gasteiger partial charge in [0.15, 0.2) is 15.6 Å². The summed E-state index contributed by atoms with van der Waals surface area (Å²) in [6.45, 7) is 1.88. The number of benzene rings is 1. The average Bonchev–Trinajstić information content (AvgIpc) is 2.68. The normalized spacial score (nSPS) is 11.6. The second-order valence-electron chi connectivity index (χ2n) is 4.23. The smallest absolute Gasteiger partial charge is 0.185 e. The number of sulfone groups is 1. The lowest BCUT2D eigenvalue weighted by Crippen LogP contribution is -2.16. The van der Waals surface area contributed by atoms with E-state index in [9.17, 15) is 13.2 Å². The van der Waals surface area contributed by atoms with Crippen LogP contribution in [0.5, 0.6) is 0 Å². The van der Waals surface area contributed by atoms with Crippen molar-refractivity contribution < 1.29 is 13.2 Å². The highest BCUT2D eigenvalue weighted by Gasteiger charge is 2.23. The van der Waals surface area contributed by atoms with Crippen LogP contribution in [-0.2, 0) is 9.84 Å². The Morgan fingerprint density at radius 2 is 1.80 bits per heavy atom. The van der Waals surface area contributed by atoms with Gasteiger partial charge < -0.3 is 0 Å². The molecule has 0 fully saturated rings. The molecule has 0 amide bonds. The van der Waals surface area contributed by atoms with Crippen molar-refractivity contribution in [3.05, 3.63) is 49.0 Å². The molecule has 0 N–H and O–H groups in total. The van der Waals surface area contributed by atoms with E-state index in [1.165, 1.54) is 23.5 Å². The SMILES string of the molecule is Cc1ccc(S(=O)(=O)CC(=O)c2cc(Br)sc2Br)cc1. The zero-order valence-corrected chi connectivity index (χ0v) is 15.2. The van der Waals surface area contributed by atoms with Gasteiger partial charge in [-0.3, -0.25) is 4.79 Å². The third-order valence-corrected chi connectivity index (χ3v) is 6.63. The number of carbonyl (C=O) groups excluding carboxylic acids is 1. The highest BCUT2D eigenvalue weighted by Crippen LogP contribution is 2.32. The van der Waals surface area contributed by atoms with Crippen LogP contribution in [0.15, 0.2) is 42.8 Å². The van der Waals surface area contributed by atoms with Crippen molar-refractivity contribution in [2.45, 2.75) is 11.8 Å². The first-order chi connectivity index (χ1) is 9.29. The van der Waals surface area contributed by atoms with Gasteiger partial charge in [0, 0.05) is 5.56 Å². The molecule has 1 aromatic heterocycles. The molecule has 0 unspecified atom stereocenters. The van der Waals surface area contributed by atoms with Crippen LogP contribution in [0.1, 0.15) is 15.9 Å². The van der Waals surface area contributed by atoms with E-state index in [1.807, 2.05) is 6.92 Å². The molecule has 2 rings (SSSR count). The van der Waals surface area contributed by atoms with E-state index in [4.69, 9.17) is 0 Å². The Labute approximate surface area is 138 Å². The zero-order chi connectivity index (χ0) is 14.9. The van der Waals surface area contributed by atoms with Gasteiger partial charge in [-0.05, 0) is 57.0 Å². The Morgan fingerprint density at radius 3 is 2.30 bits per heavy atom. The number of halogens is 2. The van der Waals surface area contributed by atoms with E-state index >= 15 is 0 Å². The fraction of sp³-hybridized carbons (Fsp3) is 0.154. The van der Waals surface area contributed by atoms with E-state index in [2.05, 4.69) is 31.9 Å². The third-order valence-electron chi connectivity index (χ3n) is 2.66. The first-order valence-electron chi connectivity index (χ1n) is 5.57. The fourth-order valence-electron chi connectivity index (χ4n) is 1.61. The molecule has 0 aliphatic carbocycles. The summed E-state index contributed by atoms with van der Waals surface area (Å²) in [7, 11) is -3.61. The summed E-state index contributed by atoms with van der Waals surface area (Å²) in [5.41, 5.74) is 1.36. The molecule has 3 nitrogen and oxygen atoms in total. The van der Waals surface area contributed by atoms with Crippen LogP contribution in [0.2, 0.25) is 0 Å². The first kappa shape index (κ1) is 15.9. The first-order valence-corrected chi connectivity index (χ1v) is 9.62. The van der Waals surface area contributed by atoms with Gasteiger partial charge in [0.25, 0.3) is 0 Å². The molecule has 0 spiro atoms. The second-order valence-corrected chi connectivity index (χ2v) is 9.97. The van der Waals surface area contributed by atoms with Crippen molar-refractivity contribution in [2.75, 3.05) is 5.75 Å². The fourth-order valence-corrected chi connectivity index (χ4v) is 5.68. The van der Waals surface area contributed by atoms with Gasteiger partial charge in [-0.25, -0.2) is 8.42 Å². The Balaban J connectivity index is 2.26. The van der Waals surface area contributed by atoms with E-state index < -0.39 is 21.4 Å². The van der Waals surface area contributed by atoms with E-state index in [1.54, 1.807) is 18.2 Å². The van der Waals surface area contributed by atoms with Crippen LogP contribution in [-0.4, -0.2) is 20.0 Å². The summed E-state index contributed by atoms with van der Waals surface area (Å²) in [6.07, 6.45) is 0. The molecule has 0 saturated carbocycles. The van der Waals surface area contributed by atoms with Crippen molar-refractivity contribution in [2.24, 2.45) is 0 Å². The predicted molar refractivity (Wildman–Crippen MR) is 87.3 cm³/mol. The summed E-state index contributed by atoms with van der Waals surface area (Å²) >= 11 is 7.87. The molecule has 7 heteroatoms. The molecule has 0 bridgehead atoms. The van der Waals surface area contributed by atoms with E-state index in [-0.39, 0.29) is 4.90 Å². The number of carbonyl (C=O) groups is 1. The predicted octanol–water partition coefficient (Wildman–Crippen LogP) is 4.24. The summed E-state index contributed by atoms with van der Waals surface area (Å²) in [5.74, 6) is -0.947. The molecule has 0 saturated heterocycles. The topological polar surface area (TPSA) is 51.2 Å². The largest absolute Gasteiger partial charge is 0.293 e. The molecule has 20 heavy (non-hydrogen) atoms. The Hall–Kier alpha value is -0.500. The van der Waals surface area contributed by atoms with Crippen molar-refractivity contribution in [1.82, 2.24) is 0 Å². The van der Waals surface area contributed by atoms with Crippen molar-refractivity contribution >= 4 is 58.8 Å². The van der Waals surface area contributed by atoms with Gasteiger partial charge in [0.05, 0.1) is 12.5 Å². The van der Waals surface area contributed by atoms with Crippen LogP contribution in [0.3, 0.4) is 0 Å². The maximum Gasteiger partial charge on any atom is 0.185 e. The Bertz CT molecular complexity index is 746. The van der Waals surface area contributed by atoms with Crippen LogP contribution in [0, 0.1) is 6.92 Å². The highest BCUT2D eigenvalue weighted by molar-refractivity contribution is 9.12. The van der Waals surface area contributed by atoms with Gasteiger partial charge >= 0.3 is 0 Å². The standard InChI is InChI=1S/C13H10Br2O3S2/c1-8-2-4-9(5-3-8)20(17,18)7-11(16)10-6-12(14)19-13(10)15/h2-6H,7H2,1H3. The summed E-state index contributed by atoms with van der Waals surface area (Å²) in [4.78, 5) is 12.3. The summed E-state index contributed by atoms with van der Waals surface area (Å²) in [5, 5.41) is 0. The van der Waals surface area contributed by atoms with E-state index in [0.29, 0.717) is 9.35 Å². The number of rotatable bonds is 4. The van der Waals surface area contributed by atoms with Gasteiger partial charge in [0.1, 0.15) is 5.75 Å². The second kappa shape index (κ2) is 6.09. The van der Waals surface area contributed by atoms with E-state index in [0.717, 1.165) is 9.35 Å². The molecule has 1 heterocycles. The minimum atomic E-state index is -3.61. The molecule has 1 aromatic carbocycles. The number of aryl methyl sites for hydroxylation is 1. The lowest BCUT2D eigenvalue weighted by atomic mass is 10.2. The number of hydrogen-bond donors (Lipinski definition) is 0. The molecular weight excluding hydrogens is 428 g/mol. The molecule has 0 aliphatic heterocycles. The third kappa shape index (κ3) is 3.58. The van der Waals surface area contributed by atoms with Crippen molar-refractivity contribution in [1.29, 1.82) is 0 Å². The lowest BCUT2D eigenvalue weighted by Gasteiger charge is -2.04. The Morgan fingerprint density at radius 1 is 1.20 bits per heavy atom. The molecular formula is C13H10Br2O3S2. The maximum atomic E-state index is 12.2. The highest BCUT2D eigenvalue weighted by atomic mass is 79.9. The minimum absolute atomic E-state index is 0.168. The number of Topliss-reactive ketones (excluding diaryl/α,β-unsaturated/α-hetero) is 1. The number of ketones is 1. The lowest BCUT2D eigenvalue weighted by molar-refractivity contribution is 0.102. The van der Waals surface area contributed by atoms with Gasteiger partial charge in [0.2, 0.25) is 0 Å². The van der Waals surface area contributed by atoms with Gasteiger partial charge in [-0.15, -0.1) is 11.3 Å². The van der Waals surface area contributed by atoms with Crippen molar-refractivity contribution in [3.63, 3.8) is 0 Å². The molecule has 2 aromatic rings. The zero-order valence-electron chi connectivity index (χ0n) is 10.4. The molecule has 0 radical (unpaired) electrons. The summed E-state index contributed by atoms with van der Waals surface area (Å²) < 4.78 is 25.8. The monoisotopic (exact) mass is 436 g/mol. The van der Waals surface area contributed by atoms with Crippen LogP contribution < -0.4 is 0 Å². The van der Waals surface area contributed by atoms with Crippen LogP contribution in [0.4, 0.5) is 0 Å². The molecule has 0 atom stereocenters. The van der Waals surface area contributed by atoms with Gasteiger partial charge in [-0.2, -0.15) is 0 Å². The van der Waals surface area contributed by atoms with Crippen molar-refractivity contribution in [3.8, 4) is 0 Å². The molecule has 106 valence electrons. The Kier molecular flexibility index (Phi) is 4.84. The van der Waals surface area contributed by atoms with Crippen LogP contribution in [0.25, 0.3) is 0 Å². The molecule has 0 aliphatic rings. The quantitative estimate of drug-likeness (QED) is 0.672. The number of thiophene rings is 1. The number of hydrogen-bond acceptors (Lipinski definition) is 4. The van der Waals surface area contributed by atoms with Gasteiger partial charge in [-0.1, -0.05) is 17.7 Å². The minimum Gasteiger partial charge on any atom is -0.293 e.